The predicted molar refractivity (Wildman–Crippen MR) is 70.3 cm³/mol. The molecule has 1 saturated heterocycles. The monoisotopic (exact) mass is 247 g/mol. The van der Waals surface area contributed by atoms with Crippen molar-refractivity contribution in [3.63, 3.8) is 0 Å². The van der Waals surface area contributed by atoms with Gasteiger partial charge in [-0.2, -0.15) is 0 Å². The summed E-state index contributed by atoms with van der Waals surface area (Å²) < 4.78 is 5.31. The van der Waals surface area contributed by atoms with E-state index in [1.807, 2.05) is 6.20 Å². The van der Waals surface area contributed by atoms with E-state index in [-0.39, 0.29) is 0 Å². The van der Waals surface area contributed by atoms with E-state index in [9.17, 15) is 0 Å². The Morgan fingerprint density at radius 3 is 3.06 bits per heavy atom. The van der Waals surface area contributed by atoms with Crippen LogP contribution in [0.25, 0.3) is 0 Å². The van der Waals surface area contributed by atoms with E-state index >= 15 is 0 Å². The maximum absolute atomic E-state index is 5.31. The van der Waals surface area contributed by atoms with Crippen molar-refractivity contribution in [2.45, 2.75) is 25.6 Å². The third kappa shape index (κ3) is 2.28. The van der Waals surface area contributed by atoms with Gasteiger partial charge in [-0.25, -0.2) is 0 Å². The number of likely N-dealkylation sites (tertiary alicyclic amines) is 1. The molecular formula is C14H21N3O. The Morgan fingerprint density at radius 2 is 2.28 bits per heavy atom. The average molecular weight is 247 g/mol. The van der Waals surface area contributed by atoms with Gasteiger partial charge in [-0.05, 0) is 30.7 Å². The Hall–Kier alpha value is -0.970. The maximum atomic E-state index is 5.31. The summed E-state index contributed by atoms with van der Waals surface area (Å²) in [5.41, 5.74) is 4.21. The molecule has 4 heteroatoms. The van der Waals surface area contributed by atoms with Crippen molar-refractivity contribution < 1.29 is 4.74 Å². The van der Waals surface area contributed by atoms with Gasteiger partial charge in [0.25, 0.3) is 0 Å². The standard InChI is InChI=1S/C14H21N3O/c1-16-6-4-13-11(7-16)3-5-15-14(13)10-17-8-12(9-17)18-2/h3,5,12H,4,6-10H2,1-2H3. The highest BCUT2D eigenvalue weighted by molar-refractivity contribution is 5.32. The molecule has 0 unspecified atom stereocenters. The highest BCUT2D eigenvalue weighted by Gasteiger charge is 2.27. The number of rotatable bonds is 3. The summed E-state index contributed by atoms with van der Waals surface area (Å²) in [6.07, 6.45) is 3.52. The number of methoxy groups -OCH3 is 1. The number of nitrogens with zero attached hydrogens (tertiary/aromatic N) is 3. The molecule has 2 aliphatic heterocycles. The zero-order valence-electron chi connectivity index (χ0n) is 11.2. The van der Waals surface area contributed by atoms with E-state index in [0.29, 0.717) is 6.10 Å². The molecule has 0 radical (unpaired) electrons. The molecule has 98 valence electrons. The molecule has 4 nitrogen and oxygen atoms in total. The summed E-state index contributed by atoms with van der Waals surface area (Å²) >= 11 is 0. The first-order valence-electron chi connectivity index (χ1n) is 6.65. The van der Waals surface area contributed by atoms with Crippen LogP contribution in [0.3, 0.4) is 0 Å². The van der Waals surface area contributed by atoms with Crippen LogP contribution in [0.15, 0.2) is 12.3 Å². The molecule has 0 bridgehead atoms. The van der Waals surface area contributed by atoms with Gasteiger partial charge in [-0.3, -0.25) is 9.88 Å². The summed E-state index contributed by atoms with van der Waals surface area (Å²) in [6.45, 7) is 5.27. The van der Waals surface area contributed by atoms with Crippen molar-refractivity contribution in [3.05, 3.63) is 29.1 Å². The van der Waals surface area contributed by atoms with E-state index in [4.69, 9.17) is 4.74 Å². The third-order valence-corrected chi connectivity index (χ3v) is 4.06. The van der Waals surface area contributed by atoms with Gasteiger partial charge in [-0.15, -0.1) is 0 Å². The highest BCUT2D eigenvalue weighted by Crippen LogP contribution is 2.23. The maximum Gasteiger partial charge on any atom is 0.0825 e. The fourth-order valence-corrected chi connectivity index (χ4v) is 2.86. The first-order valence-corrected chi connectivity index (χ1v) is 6.65. The predicted octanol–water partition coefficient (Wildman–Crippen LogP) is 0.900. The Kier molecular flexibility index (Phi) is 3.33. The van der Waals surface area contributed by atoms with Gasteiger partial charge in [0.15, 0.2) is 0 Å². The molecule has 0 N–H and O–H groups in total. The largest absolute Gasteiger partial charge is 0.379 e. The first kappa shape index (κ1) is 12.1. The minimum absolute atomic E-state index is 0.427. The second-order valence-electron chi connectivity index (χ2n) is 5.43. The lowest BCUT2D eigenvalue weighted by Crippen LogP contribution is -2.51. The van der Waals surface area contributed by atoms with Crippen molar-refractivity contribution >= 4 is 0 Å². The van der Waals surface area contributed by atoms with Crippen LogP contribution in [-0.4, -0.2) is 54.7 Å². The number of likely N-dealkylation sites (N-methyl/N-ethyl adjacent to an activating group) is 1. The Labute approximate surface area is 109 Å². The Bertz CT molecular complexity index is 429. The van der Waals surface area contributed by atoms with Crippen molar-refractivity contribution in [1.29, 1.82) is 0 Å². The number of hydrogen-bond acceptors (Lipinski definition) is 4. The van der Waals surface area contributed by atoms with E-state index in [0.717, 1.165) is 39.1 Å². The molecule has 3 rings (SSSR count). The molecule has 18 heavy (non-hydrogen) atoms. The van der Waals surface area contributed by atoms with Gasteiger partial charge in [0.05, 0.1) is 11.8 Å². The summed E-state index contributed by atoms with van der Waals surface area (Å²) in [6, 6.07) is 2.17. The second kappa shape index (κ2) is 4.96. The third-order valence-electron chi connectivity index (χ3n) is 4.06. The van der Waals surface area contributed by atoms with Crippen LogP contribution in [0.1, 0.15) is 16.8 Å². The molecule has 1 fully saturated rings. The lowest BCUT2D eigenvalue weighted by molar-refractivity contribution is -0.0340. The number of aromatic nitrogens is 1. The van der Waals surface area contributed by atoms with Gasteiger partial charge in [0.1, 0.15) is 0 Å². The molecule has 1 aromatic rings. The lowest BCUT2D eigenvalue weighted by atomic mass is 9.98. The Morgan fingerprint density at radius 1 is 1.44 bits per heavy atom. The van der Waals surface area contributed by atoms with Crippen LogP contribution in [-0.2, 0) is 24.2 Å². The second-order valence-corrected chi connectivity index (χ2v) is 5.43. The number of pyridine rings is 1. The van der Waals surface area contributed by atoms with Crippen LogP contribution in [0, 0.1) is 0 Å². The first-order chi connectivity index (χ1) is 8.76. The Balaban J connectivity index is 1.71. The fourth-order valence-electron chi connectivity index (χ4n) is 2.86. The zero-order valence-corrected chi connectivity index (χ0v) is 11.2. The fraction of sp³-hybridized carbons (Fsp3) is 0.643. The molecule has 0 aromatic carbocycles. The van der Waals surface area contributed by atoms with Gasteiger partial charge in [0, 0.05) is 46.0 Å². The zero-order chi connectivity index (χ0) is 12.5. The average Bonchev–Trinajstić information content (AvgIpc) is 2.32. The van der Waals surface area contributed by atoms with Gasteiger partial charge in [0.2, 0.25) is 0 Å². The van der Waals surface area contributed by atoms with Crippen LogP contribution >= 0.6 is 0 Å². The van der Waals surface area contributed by atoms with Crippen molar-refractivity contribution in [2.24, 2.45) is 0 Å². The number of hydrogen-bond donors (Lipinski definition) is 0. The topological polar surface area (TPSA) is 28.6 Å². The summed E-state index contributed by atoms with van der Waals surface area (Å²) in [7, 11) is 3.97. The molecule has 0 amide bonds. The van der Waals surface area contributed by atoms with E-state index in [1.165, 1.54) is 16.8 Å². The number of ether oxygens (including phenoxy) is 1. The van der Waals surface area contributed by atoms with Crippen LogP contribution in [0.5, 0.6) is 0 Å². The van der Waals surface area contributed by atoms with Crippen molar-refractivity contribution in [2.75, 3.05) is 33.8 Å². The molecule has 0 spiro atoms. The minimum Gasteiger partial charge on any atom is -0.379 e. The molecule has 3 heterocycles. The van der Waals surface area contributed by atoms with Gasteiger partial charge < -0.3 is 9.64 Å². The van der Waals surface area contributed by atoms with Crippen molar-refractivity contribution in [1.82, 2.24) is 14.8 Å². The minimum atomic E-state index is 0.427. The van der Waals surface area contributed by atoms with Gasteiger partial charge in [-0.1, -0.05) is 0 Å². The summed E-state index contributed by atoms with van der Waals surface area (Å²) in [4.78, 5) is 9.37. The normalized spacial score (nSPS) is 21.7. The van der Waals surface area contributed by atoms with Crippen molar-refractivity contribution in [3.8, 4) is 0 Å². The molecule has 1 aromatic heterocycles. The molecule has 2 aliphatic rings. The SMILES string of the molecule is COC1CN(Cc2nccc3c2CCN(C)C3)C1. The molecule has 0 atom stereocenters. The summed E-state index contributed by atoms with van der Waals surface area (Å²) in [5.74, 6) is 0. The van der Waals surface area contributed by atoms with Crippen LogP contribution < -0.4 is 0 Å². The molecule has 0 saturated carbocycles. The van der Waals surface area contributed by atoms with Gasteiger partial charge >= 0.3 is 0 Å². The quantitative estimate of drug-likeness (QED) is 0.793. The smallest absolute Gasteiger partial charge is 0.0825 e. The van der Waals surface area contributed by atoms with Crippen LogP contribution in [0.4, 0.5) is 0 Å². The molecule has 0 aliphatic carbocycles. The highest BCUT2D eigenvalue weighted by atomic mass is 16.5. The van der Waals surface area contributed by atoms with E-state index < -0.39 is 0 Å². The molecular weight excluding hydrogens is 226 g/mol. The number of fused-ring (bicyclic) bond motifs is 1. The van der Waals surface area contributed by atoms with E-state index in [1.54, 1.807) is 7.11 Å². The lowest BCUT2D eigenvalue weighted by Gasteiger charge is -2.38. The van der Waals surface area contributed by atoms with Crippen LogP contribution in [0.2, 0.25) is 0 Å². The van der Waals surface area contributed by atoms with E-state index in [2.05, 4.69) is 27.9 Å². The summed E-state index contributed by atoms with van der Waals surface area (Å²) in [5, 5.41) is 0.